The minimum absolute atomic E-state index is 0.00703. The Bertz CT molecular complexity index is 835. The second-order valence-corrected chi connectivity index (χ2v) is 9.86. The van der Waals surface area contributed by atoms with Crippen LogP contribution in [0.2, 0.25) is 0 Å². The highest BCUT2D eigenvalue weighted by atomic mass is 32.2. The molecule has 2 heterocycles. The molecule has 3 rings (SSSR count). The van der Waals surface area contributed by atoms with E-state index in [1.54, 1.807) is 0 Å². The second-order valence-electron chi connectivity index (χ2n) is 8.03. The molecule has 0 spiro atoms. The first kappa shape index (κ1) is 22.9. The number of hydrogen-bond acceptors (Lipinski definition) is 7. The number of benzene rings is 1. The number of rotatable bonds is 7. The summed E-state index contributed by atoms with van der Waals surface area (Å²) in [5.74, 6) is 0. The third kappa shape index (κ3) is 6.62. The molecule has 1 saturated heterocycles. The standard InChI is InChI=1S/C19H33N7O3S/c1-13-10-17(20-8-9-22-30(3,28)29)26(2)18(23-13)25-19(27)24-16-11-14-6-4-5-7-15(14)12-21-16/h4-7,13,16-18,20-23H,8-12H2,1-3H3,(H2,24,25,27). The first-order valence-electron chi connectivity index (χ1n) is 10.2. The summed E-state index contributed by atoms with van der Waals surface area (Å²) in [5, 5.41) is 16.1. The molecular formula is C19H33N7O3S. The molecule has 168 valence electrons. The number of nitrogens with one attached hydrogen (secondary N) is 6. The predicted octanol–water partition coefficient (Wildman–Crippen LogP) is -0.980. The number of sulfonamides is 1. The number of hydrogen-bond donors (Lipinski definition) is 6. The van der Waals surface area contributed by atoms with Crippen LogP contribution < -0.4 is 31.3 Å². The van der Waals surface area contributed by atoms with Gasteiger partial charge in [-0.3, -0.25) is 15.5 Å². The van der Waals surface area contributed by atoms with Gasteiger partial charge in [0.15, 0.2) is 0 Å². The van der Waals surface area contributed by atoms with Crippen molar-refractivity contribution in [2.24, 2.45) is 0 Å². The number of carbonyl (C=O) groups is 1. The van der Waals surface area contributed by atoms with Gasteiger partial charge in [-0.25, -0.2) is 17.9 Å². The average molecular weight is 440 g/mol. The SMILES string of the molecule is CC1CC(NCCNS(C)(=O)=O)N(C)C(NC(=O)NC2Cc3ccccc3CN2)N1. The molecule has 11 heteroatoms. The van der Waals surface area contributed by atoms with Crippen molar-refractivity contribution in [3.05, 3.63) is 35.4 Å². The first-order chi connectivity index (χ1) is 14.2. The summed E-state index contributed by atoms with van der Waals surface area (Å²) in [4.78, 5) is 14.6. The summed E-state index contributed by atoms with van der Waals surface area (Å²) < 4.78 is 24.8. The molecule has 0 saturated carbocycles. The van der Waals surface area contributed by atoms with E-state index in [0.717, 1.165) is 25.6 Å². The Balaban J connectivity index is 1.48. The minimum atomic E-state index is -3.20. The third-order valence-corrected chi connectivity index (χ3v) is 6.17. The summed E-state index contributed by atoms with van der Waals surface area (Å²) in [6, 6.07) is 8.17. The minimum Gasteiger partial charge on any atom is -0.322 e. The summed E-state index contributed by atoms with van der Waals surface area (Å²) >= 11 is 0. The van der Waals surface area contributed by atoms with Crippen LogP contribution in [0.25, 0.3) is 0 Å². The number of nitrogens with zero attached hydrogens (tertiary/aromatic N) is 1. The van der Waals surface area contributed by atoms with Crippen LogP contribution in [0.4, 0.5) is 4.79 Å². The lowest BCUT2D eigenvalue weighted by atomic mass is 9.99. The molecule has 2 aliphatic heterocycles. The van der Waals surface area contributed by atoms with Crippen molar-refractivity contribution in [2.75, 3.05) is 26.4 Å². The number of amides is 2. The van der Waals surface area contributed by atoms with Crippen molar-refractivity contribution in [2.45, 2.75) is 51.0 Å². The fraction of sp³-hybridized carbons (Fsp3) is 0.632. The van der Waals surface area contributed by atoms with Crippen LogP contribution in [0.3, 0.4) is 0 Å². The van der Waals surface area contributed by atoms with Crippen LogP contribution in [-0.2, 0) is 23.0 Å². The molecule has 6 N–H and O–H groups in total. The summed E-state index contributed by atoms with van der Waals surface area (Å²) in [6.07, 6.45) is 2.26. The van der Waals surface area contributed by atoms with E-state index in [4.69, 9.17) is 0 Å². The van der Waals surface area contributed by atoms with Gasteiger partial charge in [-0.05, 0) is 31.5 Å². The molecule has 30 heavy (non-hydrogen) atoms. The van der Waals surface area contributed by atoms with Crippen LogP contribution >= 0.6 is 0 Å². The van der Waals surface area contributed by atoms with E-state index in [1.165, 1.54) is 11.1 Å². The van der Waals surface area contributed by atoms with Crippen LogP contribution in [0.1, 0.15) is 24.5 Å². The molecule has 1 aromatic carbocycles. The van der Waals surface area contributed by atoms with E-state index in [-0.39, 0.29) is 30.7 Å². The quantitative estimate of drug-likeness (QED) is 0.302. The van der Waals surface area contributed by atoms with Gasteiger partial charge in [0, 0.05) is 32.1 Å². The van der Waals surface area contributed by atoms with Crippen molar-refractivity contribution in [3.8, 4) is 0 Å². The van der Waals surface area contributed by atoms with E-state index >= 15 is 0 Å². The third-order valence-electron chi connectivity index (χ3n) is 5.44. The van der Waals surface area contributed by atoms with Gasteiger partial charge in [-0.1, -0.05) is 24.3 Å². The van der Waals surface area contributed by atoms with Crippen molar-refractivity contribution < 1.29 is 13.2 Å². The highest BCUT2D eigenvalue weighted by Crippen LogP contribution is 2.15. The van der Waals surface area contributed by atoms with Crippen molar-refractivity contribution in [3.63, 3.8) is 0 Å². The molecule has 1 fully saturated rings. The summed E-state index contributed by atoms with van der Waals surface area (Å²) in [7, 11) is -1.28. The second kappa shape index (κ2) is 10.0. The average Bonchev–Trinajstić information content (AvgIpc) is 2.67. The van der Waals surface area contributed by atoms with Crippen molar-refractivity contribution in [1.82, 2.24) is 36.2 Å². The van der Waals surface area contributed by atoms with Crippen LogP contribution in [-0.4, -0.2) is 70.4 Å². The molecule has 0 bridgehead atoms. The molecule has 1 aromatic rings. The normalized spacial score (nSPS) is 27.3. The van der Waals surface area contributed by atoms with Gasteiger partial charge in [0.1, 0.15) is 6.29 Å². The van der Waals surface area contributed by atoms with Crippen LogP contribution in [0.15, 0.2) is 24.3 Å². The van der Waals surface area contributed by atoms with Gasteiger partial charge >= 0.3 is 6.03 Å². The summed E-state index contributed by atoms with van der Waals surface area (Å²) in [5.41, 5.74) is 2.51. The lowest BCUT2D eigenvalue weighted by Gasteiger charge is -2.43. The van der Waals surface area contributed by atoms with Gasteiger partial charge < -0.3 is 16.0 Å². The molecule has 2 aliphatic rings. The van der Waals surface area contributed by atoms with Crippen LogP contribution in [0.5, 0.6) is 0 Å². The van der Waals surface area contributed by atoms with E-state index < -0.39 is 10.0 Å². The van der Waals surface area contributed by atoms with Crippen molar-refractivity contribution in [1.29, 1.82) is 0 Å². The monoisotopic (exact) mass is 439 g/mol. The Morgan fingerprint density at radius 1 is 1.20 bits per heavy atom. The zero-order chi connectivity index (χ0) is 21.7. The van der Waals surface area contributed by atoms with E-state index in [1.807, 2.05) is 24.1 Å². The van der Waals surface area contributed by atoms with E-state index in [2.05, 4.69) is 50.4 Å². The number of fused-ring (bicyclic) bond motifs is 1. The lowest BCUT2D eigenvalue weighted by molar-refractivity contribution is 0.0437. The molecule has 4 unspecified atom stereocenters. The lowest BCUT2D eigenvalue weighted by Crippen LogP contribution is -2.69. The summed E-state index contributed by atoms with van der Waals surface area (Å²) in [6.45, 7) is 3.60. The maximum atomic E-state index is 12.6. The highest BCUT2D eigenvalue weighted by Gasteiger charge is 2.32. The van der Waals surface area contributed by atoms with Gasteiger partial charge in [0.2, 0.25) is 10.0 Å². The zero-order valence-corrected chi connectivity index (χ0v) is 18.6. The predicted molar refractivity (Wildman–Crippen MR) is 116 cm³/mol. The molecule has 0 radical (unpaired) electrons. The molecule has 4 atom stereocenters. The maximum Gasteiger partial charge on any atom is 0.318 e. The van der Waals surface area contributed by atoms with E-state index in [9.17, 15) is 13.2 Å². The molecule has 0 aromatic heterocycles. The Labute approximate surface area is 178 Å². The maximum absolute atomic E-state index is 12.6. The fourth-order valence-corrected chi connectivity index (χ4v) is 4.34. The number of urea groups is 1. The van der Waals surface area contributed by atoms with Gasteiger partial charge in [0.25, 0.3) is 0 Å². The molecular weight excluding hydrogens is 406 g/mol. The Hall–Kier alpha value is -1.76. The molecule has 0 aliphatic carbocycles. The van der Waals surface area contributed by atoms with E-state index in [0.29, 0.717) is 13.1 Å². The zero-order valence-electron chi connectivity index (χ0n) is 17.7. The largest absolute Gasteiger partial charge is 0.322 e. The number of carbonyl (C=O) groups excluding carboxylic acids is 1. The first-order valence-corrected chi connectivity index (χ1v) is 12.1. The smallest absolute Gasteiger partial charge is 0.318 e. The van der Waals surface area contributed by atoms with Crippen molar-refractivity contribution >= 4 is 16.1 Å². The topological polar surface area (TPSA) is 127 Å². The Kier molecular flexibility index (Phi) is 7.66. The molecule has 10 nitrogen and oxygen atoms in total. The molecule has 2 amide bonds. The van der Waals surface area contributed by atoms with Gasteiger partial charge in [0.05, 0.1) is 18.6 Å². The Morgan fingerprint density at radius 2 is 1.93 bits per heavy atom. The fourth-order valence-electron chi connectivity index (χ4n) is 3.86. The highest BCUT2D eigenvalue weighted by molar-refractivity contribution is 7.88. The van der Waals surface area contributed by atoms with Gasteiger partial charge in [-0.15, -0.1) is 0 Å². The Morgan fingerprint density at radius 3 is 2.67 bits per heavy atom. The van der Waals surface area contributed by atoms with Crippen LogP contribution in [0, 0.1) is 0 Å². The van der Waals surface area contributed by atoms with Gasteiger partial charge in [-0.2, -0.15) is 0 Å².